The number of nitrogen functional groups attached to an aromatic ring is 1. The molecule has 3 atom stereocenters. The highest BCUT2D eigenvalue weighted by atomic mass is 35.5. The summed E-state index contributed by atoms with van der Waals surface area (Å²) in [6.45, 7) is 0.321. The van der Waals surface area contributed by atoms with Crippen molar-refractivity contribution in [2.24, 2.45) is 5.92 Å². The minimum absolute atomic E-state index is 0.0173. The summed E-state index contributed by atoms with van der Waals surface area (Å²) in [7, 11) is -3.69. The van der Waals surface area contributed by atoms with Gasteiger partial charge in [-0.15, -0.1) is 0 Å². The van der Waals surface area contributed by atoms with E-state index >= 15 is 0 Å². The standard InChI is InChI=1S/C21H22ClN6O4P/c22-14-2-6-17-13(8-14)10-31-33(29,32-17)30-9-12-1-5-16(7-12)28-11-24-18-19(25-15-3-4-15)26-21(23)27-20(18)28/h1-2,5-6,8,11-12,15-16H,3-4,7,9-10H2,(H3,23,25,26,27)/t12-,16+,33?/m1/s1. The van der Waals surface area contributed by atoms with E-state index in [1.165, 1.54) is 0 Å². The zero-order valence-corrected chi connectivity index (χ0v) is 19.2. The molecule has 1 fully saturated rings. The zero-order chi connectivity index (χ0) is 22.6. The summed E-state index contributed by atoms with van der Waals surface area (Å²) in [5, 5.41) is 3.94. The average Bonchev–Trinajstić information content (AvgIpc) is 3.30. The highest BCUT2D eigenvalue weighted by Gasteiger charge is 2.36. The van der Waals surface area contributed by atoms with E-state index in [1.807, 2.05) is 10.6 Å². The third-order valence-corrected chi connectivity index (χ3v) is 7.49. The number of imidazole rings is 1. The summed E-state index contributed by atoms with van der Waals surface area (Å²) in [5.74, 6) is 1.37. The van der Waals surface area contributed by atoms with Gasteiger partial charge in [-0.05, 0) is 37.5 Å². The minimum Gasteiger partial charge on any atom is -0.404 e. The van der Waals surface area contributed by atoms with Crippen molar-refractivity contribution in [1.82, 2.24) is 19.5 Å². The Hall–Kier alpha value is -2.65. The van der Waals surface area contributed by atoms with Crippen LogP contribution in [0.4, 0.5) is 11.8 Å². The van der Waals surface area contributed by atoms with Gasteiger partial charge in [0.15, 0.2) is 17.0 Å². The van der Waals surface area contributed by atoms with Crippen LogP contribution < -0.4 is 15.6 Å². The number of aromatic nitrogens is 4. The van der Waals surface area contributed by atoms with Gasteiger partial charge in [-0.3, -0.25) is 9.05 Å². The third-order valence-electron chi connectivity index (χ3n) is 5.92. The number of hydrogen-bond donors (Lipinski definition) is 2. The van der Waals surface area contributed by atoms with Crippen LogP contribution in [0.2, 0.25) is 5.02 Å². The lowest BCUT2D eigenvalue weighted by molar-refractivity contribution is 0.124. The van der Waals surface area contributed by atoms with Crippen molar-refractivity contribution in [2.75, 3.05) is 17.7 Å². The van der Waals surface area contributed by atoms with Gasteiger partial charge >= 0.3 is 7.82 Å². The summed E-state index contributed by atoms with van der Waals surface area (Å²) in [6.07, 6.45) is 8.83. The number of halogens is 1. The SMILES string of the molecule is Nc1nc(NC2CC2)c2ncn([C@H]3C=C[C@@H](COP4(=O)OCc5cc(Cl)ccc5O4)C3)c2n1. The number of hydrogen-bond acceptors (Lipinski definition) is 9. The van der Waals surface area contributed by atoms with Crippen molar-refractivity contribution in [3.63, 3.8) is 0 Å². The smallest absolute Gasteiger partial charge is 0.404 e. The van der Waals surface area contributed by atoms with E-state index < -0.39 is 7.82 Å². The molecule has 1 aliphatic heterocycles. The van der Waals surface area contributed by atoms with E-state index in [0.717, 1.165) is 24.8 Å². The van der Waals surface area contributed by atoms with Gasteiger partial charge in [-0.2, -0.15) is 9.97 Å². The topological polar surface area (TPSA) is 126 Å². The molecule has 0 spiro atoms. The van der Waals surface area contributed by atoms with Crippen molar-refractivity contribution in [1.29, 1.82) is 0 Å². The summed E-state index contributed by atoms with van der Waals surface area (Å²) < 4.78 is 31.5. The first-order valence-corrected chi connectivity index (χ1v) is 12.6. The summed E-state index contributed by atoms with van der Waals surface area (Å²) in [6, 6.07) is 5.52. The number of nitrogens with one attached hydrogen (secondary N) is 1. The molecule has 3 aliphatic rings. The predicted molar refractivity (Wildman–Crippen MR) is 123 cm³/mol. The van der Waals surface area contributed by atoms with E-state index in [9.17, 15) is 4.57 Å². The van der Waals surface area contributed by atoms with E-state index in [1.54, 1.807) is 24.5 Å². The van der Waals surface area contributed by atoms with Crippen LogP contribution >= 0.6 is 19.4 Å². The highest BCUT2D eigenvalue weighted by Crippen LogP contribution is 2.55. The molecule has 33 heavy (non-hydrogen) atoms. The van der Waals surface area contributed by atoms with E-state index in [2.05, 4.69) is 26.3 Å². The summed E-state index contributed by atoms with van der Waals surface area (Å²) in [4.78, 5) is 13.3. The second-order valence-corrected chi connectivity index (χ2v) is 10.5. The van der Waals surface area contributed by atoms with Gasteiger partial charge in [-0.1, -0.05) is 23.8 Å². The molecule has 1 aromatic carbocycles. The maximum atomic E-state index is 12.9. The molecule has 3 aromatic rings. The van der Waals surface area contributed by atoms with Crippen LogP contribution in [0.15, 0.2) is 36.7 Å². The number of phosphoric acid groups is 1. The second kappa shape index (κ2) is 7.99. The van der Waals surface area contributed by atoms with Gasteiger partial charge < -0.3 is 20.1 Å². The van der Waals surface area contributed by atoms with Crippen LogP contribution in [0.5, 0.6) is 5.75 Å². The first kappa shape index (κ1) is 20.9. The van der Waals surface area contributed by atoms with Gasteiger partial charge in [-0.25, -0.2) is 9.55 Å². The van der Waals surface area contributed by atoms with Crippen molar-refractivity contribution in [3.05, 3.63) is 47.3 Å². The molecule has 2 aromatic heterocycles. The molecule has 3 heterocycles. The maximum Gasteiger partial charge on any atom is 0.530 e. The van der Waals surface area contributed by atoms with Crippen LogP contribution in [0, 0.1) is 5.92 Å². The second-order valence-electron chi connectivity index (χ2n) is 8.48. The van der Waals surface area contributed by atoms with Crippen LogP contribution in [-0.2, 0) is 20.2 Å². The van der Waals surface area contributed by atoms with Gasteiger partial charge in [0, 0.05) is 22.5 Å². The first-order chi connectivity index (χ1) is 16.0. The maximum absolute atomic E-state index is 12.9. The Morgan fingerprint density at radius 1 is 1.30 bits per heavy atom. The number of phosphoric ester groups is 1. The molecule has 0 radical (unpaired) electrons. The number of benzene rings is 1. The summed E-state index contributed by atoms with van der Waals surface area (Å²) in [5.41, 5.74) is 8.08. The van der Waals surface area contributed by atoms with E-state index in [0.29, 0.717) is 33.8 Å². The third kappa shape index (κ3) is 4.19. The lowest BCUT2D eigenvalue weighted by Crippen LogP contribution is -2.14. The number of nitrogens with zero attached hydrogens (tertiary/aromatic N) is 4. The van der Waals surface area contributed by atoms with E-state index in [-0.39, 0.29) is 31.1 Å². The molecule has 0 amide bonds. The fraction of sp³-hybridized carbons (Fsp3) is 0.381. The molecule has 0 saturated heterocycles. The Morgan fingerprint density at radius 3 is 3.03 bits per heavy atom. The molecule has 1 unspecified atom stereocenters. The molecule has 172 valence electrons. The zero-order valence-electron chi connectivity index (χ0n) is 17.6. The fourth-order valence-corrected chi connectivity index (χ4v) is 5.54. The Bertz CT molecular complexity index is 1310. The van der Waals surface area contributed by atoms with Crippen molar-refractivity contribution < 1.29 is 18.1 Å². The molecule has 12 heteroatoms. The molecule has 3 N–H and O–H groups in total. The largest absolute Gasteiger partial charge is 0.530 e. The molecule has 6 rings (SSSR count). The van der Waals surface area contributed by atoms with Crippen LogP contribution in [-0.4, -0.2) is 32.2 Å². The van der Waals surface area contributed by atoms with Gasteiger partial charge in [0.05, 0.1) is 25.6 Å². The molecule has 10 nitrogen and oxygen atoms in total. The van der Waals surface area contributed by atoms with Crippen LogP contribution in [0.25, 0.3) is 11.2 Å². The normalized spacial score (nSPS) is 26.3. The lowest BCUT2D eigenvalue weighted by atomic mass is 10.1. The quantitative estimate of drug-likeness (QED) is 0.381. The molecular formula is C21H22ClN6O4P. The average molecular weight is 489 g/mol. The molecular weight excluding hydrogens is 467 g/mol. The first-order valence-electron chi connectivity index (χ1n) is 10.8. The van der Waals surface area contributed by atoms with Crippen molar-refractivity contribution >= 4 is 42.4 Å². The highest BCUT2D eigenvalue weighted by molar-refractivity contribution is 7.49. The van der Waals surface area contributed by atoms with Crippen LogP contribution in [0.1, 0.15) is 30.9 Å². The van der Waals surface area contributed by atoms with Crippen molar-refractivity contribution in [2.45, 2.75) is 38.0 Å². The number of rotatable bonds is 6. The Balaban J connectivity index is 1.13. The number of nitrogens with two attached hydrogens (primary N) is 1. The number of allylic oxidation sites excluding steroid dienone is 1. The molecule has 0 bridgehead atoms. The lowest BCUT2D eigenvalue weighted by Gasteiger charge is -2.25. The Morgan fingerprint density at radius 2 is 2.18 bits per heavy atom. The van der Waals surface area contributed by atoms with Gasteiger partial charge in [0.1, 0.15) is 5.75 Å². The minimum atomic E-state index is -3.69. The van der Waals surface area contributed by atoms with Crippen molar-refractivity contribution in [3.8, 4) is 5.75 Å². The molecule has 1 saturated carbocycles. The molecule has 2 aliphatic carbocycles. The number of fused-ring (bicyclic) bond motifs is 2. The summed E-state index contributed by atoms with van der Waals surface area (Å²) >= 11 is 5.99. The Labute approximate surface area is 194 Å². The van der Waals surface area contributed by atoms with Crippen LogP contribution in [0.3, 0.4) is 0 Å². The van der Waals surface area contributed by atoms with Gasteiger partial charge in [0.25, 0.3) is 0 Å². The fourth-order valence-electron chi connectivity index (χ4n) is 4.08. The number of anilines is 2. The van der Waals surface area contributed by atoms with Gasteiger partial charge in [0.2, 0.25) is 5.95 Å². The Kier molecular flexibility index (Phi) is 5.06. The predicted octanol–water partition coefficient (Wildman–Crippen LogP) is 4.49. The monoisotopic (exact) mass is 488 g/mol. The van der Waals surface area contributed by atoms with E-state index in [4.69, 9.17) is 30.9 Å².